The van der Waals surface area contributed by atoms with Gasteiger partial charge in [-0.3, -0.25) is 4.90 Å². The van der Waals surface area contributed by atoms with Crippen molar-refractivity contribution in [2.24, 2.45) is 0 Å². The van der Waals surface area contributed by atoms with E-state index in [0.717, 1.165) is 62.6 Å². The van der Waals surface area contributed by atoms with Gasteiger partial charge in [0.25, 0.3) is 0 Å². The predicted molar refractivity (Wildman–Crippen MR) is 101 cm³/mol. The highest BCUT2D eigenvalue weighted by molar-refractivity contribution is 5.65. The first kappa shape index (κ1) is 18.3. The number of nitriles is 1. The molecule has 1 aromatic heterocycles. The molecule has 0 radical (unpaired) electrons. The van der Waals surface area contributed by atoms with Crippen LogP contribution in [0.25, 0.3) is 0 Å². The van der Waals surface area contributed by atoms with Crippen molar-refractivity contribution in [3.8, 4) is 6.07 Å². The zero-order valence-electron chi connectivity index (χ0n) is 15.5. The van der Waals surface area contributed by atoms with E-state index in [4.69, 9.17) is 4.74 Å². The third kappa shape index (κ3) is 4.18. The number of aromatic nitrogens is 2. The van der Waals surface area contributed by atoms with E-state index in [-0.39, 0.29) is 0 Å². The highest BCUT2D eigenvalue weighted by Gasteiger charge is 2.15. The Hall–Kier alpha value is -2.49. The topological polar surface area (TPSA) is 74.1 Å². The summed E-state index contributed by atoms with van der Waals surface area (Å²) in [6, 6.07) is 10.5. The van der Waals surface area contributed by atoms with Crippen LogP contribution in [0.4, 0.5) is 11.5 Å². The molecule has 1 saturated heterocycles. The second kappa shape index (κ2) is 8.75. The van der Waals surface area contributed by atoms with E-state index in [1.807, 2.05) is 26.0 Å². The van der Waals surface area contributed by atoms with Gasteiger partial charge in [-0.25, -0.2) is 0 Å². The molecule has 1 aliphatic rings. The lowest BCUT2D eigenvalue weighted by Gasteiger charge is -2.26. The summed E-state index contributed by atoms with van der Waals surface area (Å²) in [4.78, 5) is 2.38. The van der Waals surface area contributed by atoms with Gasteiger partial charge in [0.2, 0.25) is 0 Å². The molecule has 0 spiro atoms. The van der Waals surface area contributed by atoms with Crippen molar-refractivity contribution in [3.63, 3.8) is 0 Å². The van der Waals surface area contributed by atoms with Crippen LogP contribution in [0.5, 0.6) is 0 Å². The maximum Gasteiger partial charge on any atom is 0.171 e. The fourth-order valence-corrected chi connectivity index (χ4v) is 3.28. The van der Waals surface area contributed by atoms with Gasteiger partial charge >= 0.3 is 0 Å². The minimum absolute atomic E-state index is 0.532. The summed E-state index contributed by atoms with van der Waals surface area (Å²) in [7, 11) is 0. The third-order valence-electron chi connectivity index (χ3n) is 4.66. The Morgan fingerprint density at radius 1 is 1.19 bits per heavy atom. The lowest BCUT2D eigenvalue weighted by Crippen LogP contribution is -2.35. The largest absolute Gasteiger partial charge is 0.379 e. The molecule has 136 valence electrons. The smallest absolute Gasteiger partial charge is 0.171 e. The number of anilines is 2. The van der Waals surface area contributed by atoms with E-state index in [0.29, 0.717) is 11.4 Å². The minimum atomic E-state index is 0.532. The van der Waals surface area contributed by atoms with Gasteiger partial charge in [0.1, 0.15) is 11.6 Å². The van der Waals surface area contributed by atoms with Crippen molar-refractivity contribution < 1.29 is 4.74 Å². The number of nitrogens with zero attached hydrogens (tertiary/aromatic N) is 4. The van der Waals surface area contributed by atoms with E-state index >= 15 is 0 Å². The SMILES string of the molecule is CCc1nnc(Nc2cccc(CN3CCOCC3)c2)c(C#N)c1CC. The summed E-state index contributed by atoms with van der Waals surface area (Å²) < 4.78 is 5.41. The summed E-state index contributed by atoms with van der Waals surface area (Å²) in [5.74, 6) is 0.532. The number of benzene rings is 1. The lowest BCUT2D eigenvalue weighted by molar-refractivity contribution is 0.0342. The molecular weight excluding hydrogens is 326 g/mol. The fourth-order valence-electron chi connectivity index (χ4n) is 3.28. The number of hydrogen-bond acceptors (Lipinski definition) is 6. The molecule has 1 N–H and O–H groups in total. The number of rotatable bonds is 6. The second-order valence-corrected chi connectivity index (χ2v) is 6.38. The van der Waals surface area contributed by atoms with Crippen LogP contribution in [0, 0.1) is 11.3 Å². The minimum Gasteiger partial charge on any atom is -0.379 e. The molecule has 2 heterocycles. The standard InChI is InChI=1S/C20H25N5O/c1-3-17-18(13-21)20(24-23-19(17)4-2)22-16-7-5-6-15(12-16)14-25-8-10-26-11-9-25/h5-7,12H,3-4,8-11,14H2,1-2H3,(H,22,24). The average Bonchev–Trinajstić information content (AvgIpc) is 2.68. The quantitative estimate of drug-likeness (QED) is 0.862. The van der Waals surface area contributed by atoms with E-state index in [9.17, 15) is 5.26 Å². The van der Waals surface area contributed by atoms with Crippen molar-refractivity contribution in [3.05, 3.63) is 46.6 Å². The molecule has 0 atom stereocenters. The Kier molecular flexibility index (Phi) is 6.16. The molecule has 3 rings (SSSR count). The second-order valence-electron chi connectivity index (χ2n) is 6.38. The van der Waals surface area contributed by atoms with E-state index in [1.54, 1.807) is 0 Å². The monoisotopic (exact) mass is 351 g/mol. The van der Waals surface area contributed by atoms with Gasteiger partial charge in [0.15, 0.2) is 5.82 Å². The molecule has 0 aliphatic carbocycles. The van der Waals surface area contributed by atoms with Gasteiger partial charge in [-0.1, -0.05) is 26.0 Å². The van der Waals surface area contributed by atoms with Gasteiger partial charge in [-0.2, -0.15) is 10.4 Å². The molecule has 1 aliphatic heterocycles. The van der Waals surface area contributed by atoms with Crippen LogP contribution in [0.3, 0.4) is 0 Å². The van der Waals surface area contributed by atoms with Crippen molar-refractivity contribution in [2.75, 3.05) is 31.6 Å². The van der Waals surface area contributed by atoms with Gasteiger partial charge in [-0.05, 0) is 36.1 Å². The first-order chi connectivity index (χ1) is 12.7. The summed E-state index contributed by atoms with van der Waals surface area (Å²) in [6.45, 7) is 8.48. The molecule has 6 nitrogen and oxygen atoms in total. The van der Waals surface area contributed by atoms with Crippen molar-refractivity contribution >= 4 is 11.5 Å². The van der Waals surface area contributed by atoms with Gasteiger partial charge < -0.3 is 10.1 Å². The third-order valence-corrected chi connectivity index (χ3v) is 4.66. The van der Waals surface area contributed by atoms with Crippen molar-refractivity contribution in [2.45, 2.75) is 33.2 Å². The van der Waals surface area contributed by atoms with E-state index < -0.39 is 0 Å². The summed E-state index contributed by atoms with van der Waals surface area (Å²) in [6.07, 6.45) is 1.55. The van der Waals surface area contributed by atoms with E-state index in [2.05, 4.69) is 38.6 Å². The predicted octanol–water partition coefficient (Wildman–Crippen LogP) is 3.05. The molecule has 0 unspecified atom stereocenters. The molecule has 1 fully saturated rings. The van der Waals surface area contributed by atoms with Crippen LogP contribution < -0.4 is 5.32 Å². The maximum atomic E-state index is 9.62. The highest BCUT2D eigenvalue weighted by atomic mass is 16.5. The first-order valence-corrected chi connectivity index (χ1v) is 9.19. The number of hydrogen-bond donors (Lipinski definition) is 1. The molecule has 1 aromatic carbocycles. The van der Waals surface area contributed by atoms with Crippen LogP contribution in [0.15, 0.2) is 24.3 Å². The Morgan fingerprint density at radius 2 is 2.00 bits per heavy atom. The van der Waals surface area contributed by atoms with Crippen LogP contribution in [-0.2, 0) is 24.1 Å². The van der Waals surface area contributed by atoms with Gasteiger partial charge in [0.05, 0.1) is 18.9 Å². The Morgan fingerprint density at radius 3 is 2.69 bits per heavy atom. The Balaban J connectivity index is 1.81. The molecular formula is C20H25N5O. The molecule has 26 heavy (non-hydrogen) atoms. The first-order valence-electron chi connectivity index (χ1n) is 9.19. The van der Waals surface area contributed by atoms with Crippen molar-refractivity contribution in [1.29, 1.82) is 5.26 Å². The normalized spacial score (nSPS) is 14.8. The number of nitrogens with one attached hydrogen (secondary N) is 1. The molecule has 2 aromatic rings. The van der Waals surface area contributed by atoms with Crippen LogP contribution in [-0.4, -0.2) is 41.4 Å². The average molecular weight is 351 g/mol. The Labute approximate surface area is 154 Å². The fraction of sp³-hybridized carbons (Fsp3) is 0.450. The molecule has 6 heteroatoms. The van der Waals surface area contributed by atoms with Crippen LogP contribution >= 0.6 is 0 Å². The van der Waals surface area contributed by atoms with E-state index in [1.165, 1.54) is 5.56 Å². The number of aryl methyl sites for hydroxylation is 1. The van der Waals surface area contributed by atoms with Crippen LogP contribution in [0.1, 0.15) is 36.2 Å². The maximum absolute atomic E-state index is 9.62. The summed E-state index contributed by atoms with van der Waals surface area (Å²) in [5, 5.41) is 21.5. The lowest BCUT2D eigenvalue weighted by atomic mass is 10.0. The summed E-state index contributed by atoms with van der Waals surface area (Å²) >= 11 is 0. The summed E-state index contributed by atoms with van der Waals surface area (Å²) in [5.41, 5.74) is 4.63. The zero-order valence-corrected chi connectivity index (χ0v) is 15.5. The van der Waals surface area contributed by atoms with Crippen LogP contribution in [0.2, 0.25) is 0 Å². The molecule has 0 bridgehead atoms. The number of morpholine rings is 1. The highest BCUT2D eigenvalue weighted by Crippen LogP contribution is 2.24. The Bertz CT molecular complexity index is 793. The zero-order chi connectivity index (χ0) is 18.4. The molecule has 0 saturated carbocycles. The van der Waals surface area contributed by atoms with Crippen molar-refractivity contribution in [1.82, 2.24) is 15.1 Å². The van der Waals surface area contributed by atoms with Gasteiger partial charge in [-0.15, -0.1) is 5.10 Å². The number of ether oxygens (including phenoxy) is 1. The van der Waals surface area contributed by atoms with Gasteiger partial charge in [0, 0.05) is 25.3 Å². The molecule has 0 amide bonds.